The van der Waals surface area contributed by atoms with Crippen molar-refractivity contribution >= 4 is 16.9 Å². The Kier molecular flexibility index (Phi) is 3.39. The number of esters is 1. The van der Waals surface area contributed by atoms with Gasteiger partial charge in [0.15, 0.2) is 5.69 Å². The maximum absolute atomic E-state index is 11.4. The molecular weight excluding hydrogens is 270 g/mol. The molecule has 0 fully saturated rings. The van der Waals surface area contributed by atoms with Gasteiger partial charge in [0.05, 0.1) is 31.1 Å². The molecule has 0 bridgehead atoms. The number of para-hydroxylation sites is 1. The Labute approximate surface area is 121 Å². The summed E-state index contributed by atoms with van der Waals surface area (Å²) in [7, 11) is 1.32. The number of aromatic nitrogens is 5. The number of aryl methyl sites for hydroxylation is 1. The van der Waals surface area contributed by atoms with Crippen LogP contribution in [-0.4, -0.2) is 37.9 Å². The fraction of sp³-hybridized carbons (Fsp3) is 0.286. The van der Waals surface area contributed by atoms with E-state index in [9.17, 15) is 4.79 Å². The third-order valence-electron chi connectivity index (χ3n) is 3.28. The number of hydrogen-bond acceptors (Lipinski definition) is 5. The van der Waals surface area contributed by atoms with Crippen LogP contribution in [0.3, 0.4) is 0 Å². The molecule has 7 heteroatoms. The van der Waals surface area contributed by atoms with E-state index >= 15 is 0 Å². The summed E-state index contributed by atoms with van der Waals surface area (Å²) < 4.78 is 8.15. The van der Waals surface area contributed by atoms with Crippen LogP contribution >= 0.6 is 0 Å². The molecule has 7 nitrogen and oxygen atoms in total. The van der Waals surface area contributed by atoms with Crippen molar-refractivity contribution in [3.8, 4) is 0 Å². The Bertz CT molecular complexity index is 790. The van der Waals surface area contributed by atoms with Crippen LogP contribution in [0, 0.1) is 0 Å². The van der Waals surface area contributed by atoms with E-state index in [-0.39, 0.29) is 5.69 Å². The number of ether oxygens (including phenoxy) is 1. The Hall–Kier alpha value is -2.70. The van der Waals surface area contributed by atoms with Gasteiger partial charge in [0.1, 0.15) is 0 Å². The zero-order valence-electron chi connectivity index (χ0n) is 11.9. The third kappa shape index (κ3) is 2.37. The molecule has 0 saturated carbocycles. The van der Waals surface area contributed by atoms with Crippen LogP contribution in [0.25, 0.3) is 10.9 Å². The summed E-state index contributed by atoms with van der Waals surface area (Å²) >= 11 is 0. The quantitative estimate of drug-likeness (QED) is 0.679. The Morgan fingerprint density at radius 3 is 2.90 bits per heavy atom. The fourth-order valence-electron chi connectivity index (χ4n) is 2.28. The van der Waals surface area contributed by atoms with Crippen molar-refractivity contribution in [1.29, 1.82) is 0 Å². The molecule has 0 radical (unpaired) electrons. The zero-order chi connectivity index (χ0) is 14.8. The van der Waals surface area contributed by atoms with Crippen LogP contribution in [0.15, 0.2) is 30.5 Å². The minimum Gasteiger partial charge on any atom is -0.464 e. The topological polar surface area (TPSA) is 74.8 Å². The molecule has 21 heavy (non-hydrogen) atoms. The van der Waals surface area contributed by atoms with Gasteiger partial charge in [-0.1, -0.05) is 23.4 Å². The number of carbonyl (C=O) groups is 1. The Morgan fingerprint density at radius 1 is 1.33 bits per heavy atom. The van der Waals surface area contributed by atoms with Crippen LogP contribution in [-0.2, 0) is 17.8 Å². The molecule has 0 aliphatic rings. The van der Waals surface area contributed by atoms with Gasteiger partial charge >= 0.3 is 5.97 Å². The van der Waals surface area contributed by atoms with E-state index in [4.69, 9.17) is 0 Å². The minimum absolute atomic E-state index is 0.191. The first kappa shape index (κ1) is 13.3. The van der Waals surface area contributed by atoms with Gasteiger partial charge in [-0.2, -0.15) is 5.10 Å². The largest absolute Gasteiger partial charge is 0.464 e. The summed E-state index contributed by atoms with van der Waals surface area (Å²) in [6.07, 6.45) is 1.56. The molecule has 0 N–H and O–H groups in total. The van der Waals surface area contributed by atoms with Crippen molar-refractivity contribution in [2.75, 3.05) is 7.11 Å². The highest BCUT2D eigenvalue weighted by Crippen LogP contribution is 2.19. The fourth-order valence-corrected chi connectivity index (χ4v) is 2.28. The molecule has 0 amide bonds. The maximum Gasteiger partial charge on any atom is 0.360 e. The highest BCUT2D eigenvalue weighted by molar-refractivity contribution is 5.86. The lowest BCUT2D eigenvalue weighted by Gasteiger charge is -1.97. The molecule has 2 aromatic heterocycles. The van der Waals surface area contributed by atoms with Gasteiger partial charge in [-0.25, -0.2) is 9.48 Å². The molecule has 108 valence electrons. The lowest BCUT2D eigenvalue weighted by Crippen LogP contribution is -2.03. The van der Waals surface area contributed by atoms with E-state index in [1.54, 1.807) is 10.9 Å². The molecule has 0 spiro atoms. The minimum atomic E-state index is -0.495. The summed E-state index contributed by atoms with van der Waals surface area (Å²) in [5, 5.41) is 13.4. The lowest BCUT2D eigenvalue weighted by molar-refractivity contribution is 0.0594. The van der Waals surface area contributed by atoms with Crippen molar-refractivity contribution in [3.05, 3.63) is 41.9 Å². The molecule has 0 aliphatic carbocycles. The van der Waals surface area contributed by atoms with Crippen LogP contribution < -0.4 is 0 Å². The molecule has 0 atom stereocenters. The van der Waals surface area contributed by atoms with Crippen molar-refractivity contribution in [3.63, 3.8) is 0 Å². The van der Waals surface area contributed by atoms with Gasteiger partial charge in [-0.05, 0) is 13.0 Å². The first-order valence-corrected chi connectivity index (χ1v) is 6.65. The van der Waals surface area contributed by atoms with Crippen molar-refractivity contribution in [1.82, 2.24) is 24.8 Å². The monoisotopic (exact) mass is 285 g/mol. The molecular formula is C14H15N5O2. The van der Waals surface area contributed by atoms with Crippen LogP contribution in [0.5, 0.6) is 0 Å². The summed E-state index contributed by atoms with van der Waals surface area (Å²) in [4.78, 5) is 11.4. The van der Waals surface area contributed by atoms with Crippen molar-refractivity contribution in [2.45, 2.75) is 20.0 Å². The average molecular weight is 285 g/mol. The second kappa shape index (κ2) is 5.35. The second-order valence-electron chi connectivity index (χ2n) is 4.57. The number of fused-ring (bicyclic) bond motifs is 1. The van der Waals surface area contributed by atoms with E-state index < -0.39 is 5.97 Å². The van der Waals surface area contributed by atoms with E-state index in [1.165, 1.54) is 7.11 Å². The van der Waals surface area contributed by atoms with Gasteiger partial charge < -0.3 is 4.74 Å². The molecule has 0 aliphatic heterocycles. The van der Waals surface area contributed by atoms with Crippen molar-refractivity contribution < 1.29 is 9.53 Å². The van der Waals surface area contributed by atoms with E-state index in [2.05, 4.69) is 20.1 Å². The molecule has 3 aromatic rings. The lowest BCUT2D eigenvalue weighted by atomic mass is 10.2. The molecule has 1 aromatic carbocycles. The summed E-state index contributed by atoms with van der Waals surface area (Å²) in [6.45, 7) is 3.30. The number of nitrogens with zero attached hydrogens (tertiary/aromatic N) is 5. The molecule has 3 rings (SSSR count). The van der Waals surface area contributed by atoms with Crippen molar-refractivity contribution in [2.24, 2.45) is 0 Å². The maximum atomic E-state index is 11.4. The summed E-state index contributed by atoms with van der Waals surface area (Å²) in [5.41, 5.74) is 2.17. The smallest absolute Gasteiger partial charge is 0.360 e. The van der Waals surface area contributed by atoms with E-state index in [0.29, 0.717) is 6.54 Å². The normalized spacial score (nSPS) is 11.0. The predicted octanol–water partition coefficient (Wildman–Crippen LogP) is 1.48. The molecule has 0 unspecified atom stereocenters. The Morgan fingerprint density at radius 2 is 2.14 bits per heavy atom. The second-order valence-corrected chi connectivity index (χ2v) is 4.57. The van der Waals surface area contributed by atoms with Gasteiger partial charge in [0.2, 0.25) is 0 Å². The molecule has 0 saturated heterocycles. The van der Waals surface area contributed by atoms with E-state index in [0.717, 1.165) is 23.1 Å². The summed E-state index contributed by atoms with van der Waals surface area (Å²) in [6, 6.07) is 8.04. The van der Waals surface area contributed by atoms with Gasteiger partial charge in [-0.15, -0.1) is 5.10 Å². The Balaban J connectivity index is 1.95. The highest BCUT2D eigenvalue weighted by Gasteiger charge is 2.13. The first-order valence-electron chi connectivity index (χ1n) is 6.65. The predicted molar refractivity (Wildman–Crippen MR) is 75.9 cm³/mol. The zero-order valence-corrected chi connectivity index (χ0v) is 11.9. The first-order chi connectivity index (χ1) is 10.2. The van der Waals surface area contributed by atoms with E-state index in [1.807, 2.05) is 35.9 Å². The standard InChI is InChI=1S/C14H15N5O2/c1-3-19-13-7-5-4-6-10(13)11(16-19)8-18-9-12(15-17-18)14(20)21-2/h4-7,9H,3,8H2,1-2H3. The number of methoxy groups -OCH3 is 1. The van der Waals surface area contributed by atoms with Crippen LogP contribution in [0.1, 0.15) is 23.1 Å². The number of rotatable bonds is 4. The number of carbonyl (C=O) groups excluding carboxylic acids is 1. The van der Waals surface area contributed by atoms with Gasteiger partial charge in [0, 0.05) is 11.9 Å². The number of hydrogen-bond donors (Lipinski definition) is 0. The van der Waals surface area contributed by atoms with Crippen LogP contribution in [0.4, 0.5) is 0 Å². The third-order valence-corrected chi connectivity index (χ3v) is 3.28. The van der Waals surface area contributed by atoms with Gasteiger partial charge in [-0.3, -0.25) is 4.68 Å². The van der Waals surface area contributed by atoms with Gasteiger partial charge in [0.25, 0.3) is 0 Å². The average Bonchev–Trinajstić information content (AvgIpc) is 3.12. The highest BCUT2D eigenvalue weighted by atomic mass is 16.5. The summed E-state index contributed by atoms with van der Waals surface area (Å²) in [5.74, 6) is -0.495. The van der Waals surface area contributed by atoms with Crippen LogP contribution in [0.2, 0.25) is 0 Å². The SMILES string of the molecule is CCn1nc(Cn2cc(C(=O)OC)nn2)c2ccccc21. The number of benzene rings is 1. The molecule has 2 heterocycles.